The zero-order valence-electron chi connectivity index (χ0n) is 1.89. The van der Waals surface area contributed by atoms with Crippen LogP contribution >= 0.6 is 0 Å². The summed E-state index contributed by atoms with van der Waals surface area (Å²) < 4.78 is 0. The van der Waals surface area contributed by atoms with Crippen molar-refractivity contribution in [3.63, 3.8) is 0 Å². The zero-order chi connectivity index (χ0) is 0. The number of hydrogen-bond donors (Lipinski definition) is 0. The van der Waals surface area contributed by atoms with Crippen LogP contribution in [0, 0.1) is 0 Å². The van der Waals surface area contributed by atoms with E-state index in [-0.39, 0.29) is 63.2 Å². The van der Waals surface area contributed by atoms with Gasteiger partial charge in [0.25, 0.3) is 0 Å². The van der Waals surface area contributed by atoms with E-state index in [4.69, 9.17) is 0 Å². The van der Waals surface area contributed by atoms with Gasteiger partial charge in [0, 0.05) is 63.2 Å². The Hall–Kier alpha value is 1.70. The molecule has 0 atom stereocenters. The van der Waals surface area contributed by atoms with Crippen LogP contribution in [-0.4, -0.2) is 46.7 Å². The third-order valence-electron chi connectivity index (χ3n) is 0. The molecule has 0 aromatic carbocycles. The molecule has 21 valence electrons. The van der Waals surface area contributed by atoms with Crippen LogP contribution in [0.15, 0.2) is 0 Å². The second kappa shape index (κ2) is 22.3. The molecular weight excluding hydrogens is 305 g/mol. The van der Waals surface area contributed by atoms with E-state index in [2.05, 4.69) is 0 Å². The molecule has 0 saturated carbocycles. The van der Waals surface area contributed by atoms with E-state index in [9.17, 15) is 0 Å². The summed E-state index contributed by atoms with van der Waals surface area (Å²) in [6.45, 7) is 0. The van der Waals surface area contributed by atoms with Crippen molar-refractivity contribution < 1.29 is 16.5 Å². The van der Waals surface area contributed by atoms with Crippen molar-refractivity contribution in [3.8, 4) is 0 Å². The first-order chi connectivity index (χ1) is 0. The summed E-state index contributed by atoms with van der Waals surface area (Å²) >= 11 is 0. The topological polar surface area (TPSA) is 0 Å². The molecule has 0 heterocycles. The van der Waals surface area contributed by atoms with Gasteiger partial charge >= 0.3 is 0 Å². The summed E-state index contributed by atoms with van der Waals surface area (Å²) in [5.74, 6) is 0. The molecule has 4 heteroatoms. The molecule has 0 N–H and O–H groups in total. The Labute approximate surface area is 62.8 Å². The van der Waals surface area contributed by atoms with Gasteiger partial charge in [0.05, 0.1) is 0 Å². The molecule has 0 amide bonds. The van der Waals surface area contributed by atoms with Crippen molar-refractivity contribution in [3.05, 3.63) is 0 Å². The summed E-state index contributed by atoms with van der Waals surface area (Å²) in [6.07, 6.45) is 0. The first-order valence-corrected chi connectivity index (χ1v) is 0. The number of rotatable bonds is 0. The third-order valence-corrected chi connectivity index (χ3v) is 0. The first kappa shape index (κ1) is 43.6. The molecule has 4 heavy (non-hydrogen) atoms. The SMILES string of the molecule is [B].[Ni].[Pb].[Si]. The van der Waals surface area contributed by atoms with Gasteiger partial charge in [-0.1, -0.05) is 0 Å². The van der Waals surface area contributed by atoms with Crippen molar-refractivity contribution in [1.29, 1.82) is 0 Å². The Bertz CT molecular complexity index is 8.00. The number of hydrogen-bond acceptors (Lipinski definition) is 0. The van der Waals surface area contributed by atoms with E-state index < -0.39 is 0 Å². The van der Waals surface area contributed by atoms with Crippen molar-refractivity contribution >= 4 is 46.7 Å². The van der Waals surface area contributed by atoms with Gasteiger partial charge in [-0.15, -0.1) is 0 Å². The van der Waals surface area contributed by atoms with Crippen molar-refractivity contribution in [2.45, 2.75) is 0 Å². The molecule has 0 aliphatic rings. The predicted molar refractivity (Wildman–Crippen MR) is 17.3 cm³/mol. The van der Waals surface area contributed by atoms with Crippen LogP contribution in [0.1, 0.15) is 0 Å². The Morgan fingerprint density at radius 1 is 1.00 bits per heavy atom. The van der Waals surface area contributed by atoms with Gasteiger partial charge in [0.2, 0.25) is 0 Å². The quantitative estimate of drug-likeness (QED) is 0.496. The molecule has 0 aromatic heterocycles. The van der Waals surface area contributed by atoms with Gasteiger partial charge < -0.3 is 0 Å². The van der Waals surface area contributed by atoms with E-state index in [0.717, 1.165) is 0 Å². The molecule has 0 aliphatic heterocycles. The van der Waals surface area contributed by atoms with Crippen LogP contribution in [-0.2, 0) is 16.5 Å². The Kier molecular flexibility index (Phi) is 243. The van der Waals surface area contributed by atoms with Crippen molar-refractivity contribution in [1.82, 2.24) is 0 Å². The largest absolute Gasteiger partial charge is 0 e. The van der Waals surface area contributed by atoms with Crippen LogP contribution in [0.3, 0.4) is 0 Å². The molecule has 0 rings (SSSR count). The van der Waals surface area contributed by atoms with Gasteiger partial charge in [-0.25, -0.2) is 0 Å². The van der Waals surface area contributed by atoms with Crippen LogP contribution < -0.4 is 0 Å². The normalized spacial score (nSPS) is 0. The van der Waals surface area contributed by atoms with Crippen molar-refractivity contribution in [2.75, 3.05) is 0 Å². The summed E-state index contributed by atoms with van der Waals surface area (Å²) in [7, 11) is 0. The van der Waals surface area contributed by atoms with E-state index in [1.165, 1.54) is 0 Å². The molecule has 0 spiro atoms. The van der Waals surface area contributed by atoms with Crippen LogP contribution in [0.2, 0.25) is 0 Å². The van der Waals surface area contributed by atoms with E-state index >= 15 is 0 Å². The third kappa shape index (κ3) is 9.34. The molecule has 11 radical (unpaired) electrons. The van der Waals surface area contributed by atoms with Gasteiger partial charge in [-0.05, 0) is 0 Å². The summed E-state index contributed by atoms with van der Waals surface area (Å²) in [6, 6.07) is 0. The van der Waals surface area contributed by atoms with Gasteiger partial charge in [0.15, 0.2) is 0 Å². The van der Waals surface area contributed by atoms with Gasteiger partial charge in [-0.2, -0.15) is 0 Å². The van der Waals surface area contributed by atoms with E-state index in [1.807, 2.05) is 0 Å². The minimum Gasteiger partial charge on any atom is 0 e. The van der Waals surface area contributed by atoms with Crippen LogP contribution in [0.5, 0.6) is 0 Å². The van der Waals surface area contributed by atoms with Gasteiger partial charge in [-0.3, -0.25) is 0 Å². The minimum absolute atomic E-state index is 0. The molecule has 0 nitrogen and oxygen atoms in total. The van der Waals surface area contributed by atoms with Crippen LogP contribution in [0.4, 0.5) is 0 Å². The molecule has 0 aliphatic carbocycles. The van der Waals surface area contributed by atoms with Gasteiger partial charge in [0.1, 0.15) is 0 Å². The average Bonchev–Trinajstić information content (AvgIpc) is 0. The van der Waals surface area contributed by atoms with E-state index in [1.54, 1.807) is 0 Å². The second-order valence-corrected chi connectivity index (χ2v) is 0. The average molecular weight is 305 g/mol. The molecule has 0 aromatic rings. The summed E-state index contributed by atoms with van der Waals surface area (Å²) in [5, 5.41) is 0. The molecule has 0 unspecified atom stereocenters. The fourth-order valence-corrected chi connectivity index (χ4v) is 0. The molecular formula is BNiPbSi. The minimum atomic E-state index is 0. The smallest absolute Gasteiger partial charge is 0 e. The maximum absolute atomic E-state index is 0. The van der Waals surface area contributed by atoms with Crippen LogP contribution in [0.25, 0.3) is 0 Å². The monoisotopic (exact) mass is 305 g/mol. The maximum Gasteiger partial charge on any atom is 0 e. The fourth-order valence-electron chi connectivity index (χ4n) is 0. The summed E-state index contributed by atoms with van der Waals surface area (Å²) in [5.41, 5.74) is 0. The van der Waals surface area contributed by atoms with Crippen molar-refractivity contribution in [2.24, 2.45) is 0 Å². The predicted octanol–water partition coefficient (Wildman–Crippen LogP) is -1.14. The first-order valence-electron chi connectivity index (χ1n) is 0. The second-order valence-electron chi connectivity index (χ2n) is 0. The standard InChI is InChI=1S/B.Ni.Pb.Si. The Morgan fingerprint density at radius 3 is 1.00 bits per heavy atom. The Morgan fingerprint density at radius 2 is 1.00 bits per heavy atom. The maximum atomic E-state index is 0. The zero-order valence-corrected chi connectivity index (χ0v) is 7.77. The molecule has 0 saturated heterocycles. The van der Waals surface area contributed by atoms with E-state index in [0.29, 0.717) is 0 Å². The Balaban J connectivity index is 0. The summed E-state index contributed by atoms with van der Waals surface area (Å²) in [4.78, 5) is 0. The fraction of sp³-hybridized carbons (Fsp3) is 0. The molecule has 0 fully saturated rings. The molecule has 0 bridgehead atoms.